The molecule has 0 aliphatic rings. The Morgan fingerprint density at radius 2 is 2.00 bits per heavy atom. The summed E-state index contributed by atoms with van der Waals surface area (Å²) in [5, 5.41) is 13.8. The lowest BCUT2D eigenvalue weighted by atomic mass is 10.1. The average molecular weight is 198 g/mol. The van der Waals surface area contributed by atoms with Crippen molar-refractivity contribution >= 4 is 0 Å². The zero-order chi connectivity index (χ0) is 10.2. The average Bonchev–Trinajstić information content (AvgIpc) is 2.58. The van der Waals surface area contributed by atoms with Gasteiger partial charge in [-0.15, -0.1) is 0 Å². The summed E-state index contributed by atoms with van der Waals surface area (Å²) in [6.07, 6.45) is 9.70. The first-order valence-corrected chi connectivity index (χ1v) is 5.38. The van der Waals surface area contributed by atoms with E-state index in [0.29, 0.717) is 10.6 Å². The maximum atomic E-state index is 10.6. The third-order valence-corrected chi connectivity index (χ3v) is 2.27. The number of unbranched alkanes of at least 4 members (excludes halogenated alkanes) is 5. The van der Waals surface area contributed by atoms with Gasteiger partial charge in [0.15, 0.2) is 0 Å². The van der Waals surface area contributed by atoms with Crippen molar-refractivity contribution in [3.8, 4) is 0 Å². The van der Waals surface area contributed by atoms with Crippen molar-refractivity contribution in [3.05, 3.63) is 17.2 Å². The van der Waals surface area contributed by atoms with Crippen LogP contribution in [0.4, 0.5) is 0 Å². The van der Waals surface area contributed by atoms with E-state index in [9.17, 15) is 5.21 Å². The van der Waals surface area contributed by atoms with E-state index >= 15 is 0 Å². The van der Waals surface area contributed by atoms with Gasteiger partial charge in [0, 0.05) is 6.42 Å². The van der Waals surface area contributed by atoms with Crippen LogP contribution >= 0.6 is 0 Å². The van der Waals surface area contributed by atoms with E-state index in [2.05, 4.69) is 12.2 Å². The van der Waals surface area contributed by atoms with Gasteiger partial charge < -0.3 is 9.73 Å². The van der Waals surface area contributed by atoms with Crippen LogP contribution in [0.5, 0.6) is 0 Å². The van der Waals surface area contributed by atoms with Gasteiger partial charge in [0.1, 0.15) is 0 Å². The van der Waals surface area contributed by atoms with E-state index in [4.69, 9.17) is 4.52 Å². The van der Waals surface area contributed by atoms with Gasteiger partial charge >= 0.3 is 0 Å². The third-order valence-electron chi connectivity index (χ3n) is 2.27. The first-order chi connectivity index (χ1) is 6.83. The number of hydrogen-bond acceptors (Lipinski definition) is 3. The van der Waals surface area contributed by atoms with Crippen molar-refractivity contribution in [3.63, 3.8) is 0 Å². The second kappa shape index (κ2) is 6.40. The predicted octanol–water partition coefficient (Wildman–Crippen LogP) is 2.21. The van der Waals surface area contributed by atoms with Crippen molar-refractivity contribution in [2.45, 2.75) is 51.9 Å². The van der Waals surface area contributed by atoms with E-state index in [1.807, 2.05) is 0 Å². The number of rotatable bonds is 7. The van der Waals surface area contributed by atoms with Crippen LogP contribution in [0.1, 0.15) is 51.2 Å². The van der Waals surface area contributed by atoms with Crippen LogP contribution in [0.15, 0.2) is 10.7 Å². The molecular formula is C10H18N2O2. The second-order valence-electron chi connectivity index (χ2n) is 3.59. The van der Waals surface area contributed by atoms with Crippen LogP contribution in [-0.4, -0.2) is 5.27 Å². The van der Waals surface area contributed by atoms with Gasteiger partial charge in [0.05, 0.1) is 0 Å². The molecule has 4 nitrogen and oxygen atoms in total. The molecule has 1 aromatic heterocycles. The summed E-state index contributed by atoms with van der Waals surface area (Å²) in [6.45, 7) is 2.21. The minimum Gasteiger partial charge on any atom is -0.592 e. The molecular weight excluding hydrogens is 180 g/mol. The quantitative estimate of drug-likeness (QED) is 0.383. The zero-order valence-electron chi connectivity index (χ0n) is 8.74. The van der Waals surface area contributed by atoms with Crippen LogP contribution in [0, 0.1) is 5.21 Å². The second-order valence-corrected chi connectivity index (χ2v) is 3.59. The summed E-state index contributed by atoms with van der Waals surface area (Å²) >= 11 is 0. The number of hydrogen-bond donors (Lipinski definition) is 0. The molecule has 14 heavy (non-hydrogen) atoms. The fourth-order valence-electron chi connectivity index (χ4n) is 1.45. The van der Waals surface area contributed by atoms with E-state index in [1.165, 1.54) is 38.3 Å². The molecule has 0 bridgehead atoms. The summed E-state index contributed by atoms with van der Waals surface area (Å²) in [5.41, 5.74) is 0. The Balaban J connectivity index is 1.99. The Kier molecular flexibility index (Phi) is 5.04. The van der Waals surface area contributed by atoms with E-state index < -0.39 is 0 Å². The molecule has 0 aromatic carbocycles. The number of nitrogens with zero attached hydrogens (tertiary/aromatic N) is 2. The maximum absolute atomic E-state index is 10.6. The summed E-state index contributed by atoms with van der Waals surface area (Å²) < 4.78 is 4.79. The minimum absolute atomic E-state index is 0.465. The number of aromatic nitrogens is 2. The van der Waals surface area contributed by atoms with Crippen LogP contribution in [-0.2, 0) is 6.42 Å². The molecule has 0 unspecified atom stereocenters. The van der Waals surface area contributed by atoms with Crippen LogP contribution in [0.25, 0.3) is 0 Å². The van der Waals surface area contributed by atoms with Crippen LogP contribution < -0.4 is 4.85 Å². The van der Waals surface area contributed by atoms with Crippen molar-refractivity contribution in [2.24, 2.45) is 0 Å². The van der Waals surface area contributed by atoms with Gasteiger partial charge in [0.25, 0.3) is 6.20 Å². The van der Waals surface area contributed by atoms with Crippen molar-refractivity contribution < 1.29 is 9.37 Å². The molecule has 0 radical (unpaired) electrons. The standard InChI is InChI=1S/C10H18N2O2/c1-2-3-4-5-6-7-8-10-9-12(13)11-14-10/h9H,2-8H2,1H3. The highest BCUT2D eigenvalue weighted by Gasteiger charge is 2.04. The topological polar surface area (TPSA) is 53.0 Å². The Morgan fingerprint density at radius 1 is 1.29 bits per heavy atom. The summed E-state index contributed by atoms with van der Waals surface area (Å²) in [4.78, 5) is 0.465. The van der Waals surface area contributed by atoms with Gasteiger partial charge in [-0.1, -0.05) is 39.0 Å². The molecule has 1 rings (SSSR count). The fraction of sp³-hybridized carbons (Fsp3) is 0.800. The lowest BCUT2D eigenvalue weighted by Crippen LogP contribution is -2.25. The Labute approximate surface area is 84.5 Å². The molecule has 1 heterocycles. The van der Waals surface area contributed by atoms with Crippen molar-refractivity contribution in [1.29, 1.82) is 0 Å². The molecule has 0 amide bonds. The highest BCUT2D eigenvalue weighted by atomic mass is 16.6. The Morgan fingerprint density at radius 3 is 2.64 bits per heavy atom. The monoisotopic (exact) mass is 198 g/mol. The molecule has 0 saturated carbocycles. The van der Waals surface area contributed by atoms with Crippen LogP contribution in [0.3, 0.4) is 0 Å². The molecule has 0 aliphatic heterocycles. The fourth-order valence-corrected chi connectivity index (χ4v) is 1.45. The first-order valence-electron chi connectivity index (χ1n) is 5.38. The van der Waals surface area contributed by atoms with Crippen LogP contribution in [0.2, 0.25) is 0 Å². The zero-order valence-corrected chi connectivity index (χ0v) is 8.74. The molecule has 0 aliphatic carbocycles. The molecule has 0 spiro atoms. The molecule has 80 valence electrons. The molecule has 0 atom stereocenters. The first kappa shape index (κ1) is 11.0. The molecule has 4 heteroatoms. The predicted molar refractivity (Wildman–Crippen MR) is 52.5 cm³/mol. The van der Waals surface area contributed by atoms with E-state index in [0.717, 1.165) is 12.8 Å². The third kappa shape index (κ3) is 4.25. The highest BCUT2D eigenvalue weighted by Crippen LogP contribution is 2.08. The highest BCUT2D eigenvalue weighted by molar-refractivity contribution is 4.81. The van der Waals surface area contributed by atoms with Gasteiger partial charge in [0.2, 0.25) is 11.0 Å². The number of aryl methyl sites for hydroxylation is 1. The van der Waals surface area contributed by atoms with E-state index in [1.54, 1.807) is 0 Å². The Bertz CT molecular complexity index is 248. The lowest BCUT2D eigenvalue weighted by molar-refractivity contribution is -0.679. The smallest absolute Gasteiger partial charge is 0.254 e. The maximum Gasteiger partial charge on any atom is 0.254 e. The van der Waals surface area contributed by atoms with Gasteiger partial charge in [-0.3, -0.25) is 0 Å². The summed E-state index contributed by atoms with van der Waals surface area (Å²) in [6, 6.07) is 0. The SMILES string of the molecule is CCCCCCCCc1c[n+]([O-])no1. The normalized spacial score (nSPS) is 10.6. The minimum atomic E-state index is 0.465. The molecule has 0 saturated heterocycles. The van der Waals surface area contributed by atoms with Crippen molar-refractivity contribution in [2.75, 3.05) is 0 Å². The van der Waals surface area contributed by atoms with Gasteiger partial charge in [-0.2, -0.15) is 0 Å². The Hall–Kier alpha value is -1.06. The molecule has 1 aromatic rings. The molecule has 0 N–H and O–H groups in total. The molecule has 0 fully saturated rings. The lowest BCUT2D eigenvalue weighted by Gasteiger charge is -1.97. The summed E-state index contributed by atoms with van der Waals surface area (Å²) in [7, 11) is 0. The van der Waals surface area contributed by atoms with Crippen molar-refractivity contribution in [1.82, 2.24) is 5.27 Å². The van der Waals surface area contributed by atoms with Gasteiger partial charge in [-0.25, -0.2) is 0 Å². The van der Waals surface area contributed by atoms with E-state index in [-0.39, 0.29) is 0 Å². The largest absolute Gasteiger partial charge is 0.592 e. The summed E-state index contributed by atoms with van der Waals surface area (Å²) in [5.74, 6) is 0.690. The van der Waals surface area contributed by atoms with Gasteiger partial charge in [-0.05, 0) is 11.3 Å².